The van der Waals surface area contributed by atoms with Crippen LogP contribution < -0.4 is 10.1 Å². The maximum Gasteiger partial charge on any atom is 0.276 e. The number of benzene rings is 2. The minimum Gasteiger partial charge on any atom is -0.488 e. The van der Waals surface area contributed by atoms with Crippen molar-refractivity contribution in [2.24, 2.45) is 13.0 Å². The maximum absolute atomic E-state index is 13.0. The van der Waals surface area contributed by atoms with E-state index in [1.165, 1.54) is 18.4 Å². The molecule has 6 nitrogen and oxygen atoms in total. The highest BCUT2D eigenvalue weighted by Gasteiger charge is 2.28. The van der Waals surface area contributed by atoms with Crippen LogP contribution in [0.2, 0.25) is 0 Å². The zero-order chi connectivity index (χ0) is 21.4. The van der Waals surface area contributed by atoms with E-state index in [1.54, 1.807) is 4.68 Å². The van der Waals surface area contributed by atoms with E-state index in [9.17, 15) is 4.79 Å². The molecule has 0 saturated carbocycles. The lowest BCUT2D eigenvalue weighted by atomic mass is 9.99. The first-order chi connectivity index (χ1) is 15.1. The number of aryl methyl sites for hydroxylation is 1. The second kappa shape index (κ2) is 8.19. The largest absolute Gasteiger partial charge is 0.488 e. The standard InChI is InChI=1S/C25H28N4O2/c1-17-11-13-29(14-12-17)15-18-7-9-19(10-8-18)26-25(30)23-21-16-31-22-6-4-3-5-20(22)24(21)28(2)27-23/h3-10,17H,11-16H2,1-2H3,(H,26,30). The van der Waals surface area contributed by atoms with Crippen molar-refractivity contribution in [3.05, 3.63) is 65.4 Å². The van der Waals surface area contributed by atoms with Crippen LogP contribution in [0.15, 0.2) is 48.5 Å². The fraction of sp³-hybridized carbons (Fsp3) is 0.360. The molecule has 1 fully saturated rings. The molecule has 0 radical (unpaired) electrons. The van der Waals surface area contributed by atoms with Crippen LogP contribution in [0, 0.1) is 5.92 Å². The maximum atomic E-state index is 13.0. The van der Waals surface area contributed by atoms with Gasteiger partial charge in [0.15, 0.2) is 5.69 Å². The lowest BCUT2D eigenvalue weighted by Gasteiger charge is -2.30. The molecule has 0 spiro atoms. The molecule has 3 heterocycles. The van der Waals surface area contributed by atoms with Crippen LogP contribution in [-0.2, 0) is 20.2 Å². The number of hydrogen-bond acceptors (Lipinski definition) is 4. The summed E-state index contributed by atoms with van der Waals surface area (Å²) in [7, 11) is 1.87. The van der Waals surface area contributed by atoms with Gasteiger partial charge >= 0.3 is 0 Å². The average molecular weight is 417 g/mol. The van der Waals surface area contributed by atoms with Crippen molar-refractivity contribution >= 4 is 11.6 Å². The molecule has 2 aliphatic rings. The second-order valence-electron chi connectivity index (χ2n) is 8.69. The fourth-order valence-electron chi connectivity index (χ4n) is 4.52. The number of carbonyl (C=O) groups is 1. The molecule has 0 bridgehead atoms. The monoisotopic (exact) mass is 416 g/mol. The Labute approximate surface area is 182 Å². The summed E-state index contributed by atoms with van der Waals surface area (Å²) in [5.74, 6) is 1.45. The van der Waals surface area contributed by atoms with E-state index in [0.29, 0.717) is 12.3 Å². The van der Waals surface area contributed by atoms with Gasteiger partial charge in [0.2, 0.25) is 0 Å². The number of amides is 1. The number of nitrogens with one attached hydrogen (secondary N) is 1. The molecule has 5 rings (SSSR count). The topological polar surface area (TPSA) is 59.4 Å². The first kappa shape index (κ1) is 19.8. The zero-order valence-electron chi connectivity index (χ0n) is 18.1. The highest BCUT2D eigenvalue weighted by atomic mass is 16.5. The molecule has 31 heavy (non-hydrogen) atoms. The molecule has 0 atom stereocenters. The number of likely N-dealkylation sites (tertiary alicyclic amines) is 1. The van der Waals surface area contributed by atoms with Crippen LogP contribution in [0.3, 0.4) is 0 Å². The van der Waals surface area contributed by atoms with E-state index < -0.39 is 0 Å². The van der Waals surface area contributed by atoms with E-state index in [1.807, 2.05) is 43.4 Å². The third-order valence-corrected chi connectivity index (χ3v) is 6.37. The zero-order valence-corrected chi connectivity index (χ0v) is 18.1. The van der Waals surface area contributed by atoms with E-state index >= 15 is 0 Å². The Hall–Kier alpha value is -3.12. The predicted molar refractivity (Wildman–Crippen MR) is 121 cm³/mol. The summed E-state index contributed by atoms with van der Waals surface area (Å²) >= 11 is 0. The minimum absolute atomic E-state index is 0.211. The molecular weight excluding hydrogens is 388 g/mol. The van der Waals surface area contributed by atoms with Gasteiger partial charge in [-0.05, 0) is 61.7 Å². The molecule has 2 aliphatic heterocycles. The van der Waals surface area contributed by atoms with Crippen LogP contribution in [0.25, 0.3) is 11.3 Å². The van der Waals surface area contributed by atoms with Gasteiger partial charge in [-0.15, -0.1) is 0 Å². The molecular formula is C25H28N4O2. The third kappa shape index (κ3) is 3.95. The van der Waals surface area contributed by atoms with Crippen molar-refractivity contribution in [1.82, 2.24) is 14.7 Å². The number of anilines is 1. The molecule has 6 heteroatoms. The van der Waals surface area contributed by atoms with Gasteiger partial charge < -0.3 is 10.1 Å². The number of nitrogens with zero attached hydrogens (tertiary/aromatic N) is 3. The van der Waals surface area contributed by atoms with Gasteiger partial charge in [-0.1, -0.05) is 31.2 Å². The summed E-state index contributed by atoms with van der Waals surface area (Å²) in [6.07, 6.45) is 2.55. The van der Waals surface area contributed by atoms with E-state index in [0.717, 1.165) is 53.8 Å². The van der Waals surface area contributed by atoms with Crippen molar-refractivity contribution in [3.8, 4) is 17.0 Å². The van der Waals surface area contributed by atoms with Gasteiger partial charge in [-0.2, -0.15) is 5.10 Å². The summed E-state index contributed by atoms with van der Waals surface area (Å²) in [4.78, 5) is 15.5. The van der Waals surface area contributed by atoms with Crippen LogP contribution in [-0.4, -0.2) is 33.7 Å². The second-order valence-corrected chi connectivity index (χ2v) is 8.69. The minimum atomic E-state index is -0.211. The van der Waals surface area contributed by atoms with Crippen LogP contribution in [0.1, 0.15) is 41.4 Å². The summed E-state index contributed by atoms with van der Waals surface area (Å²) in [6, 6.07) is 16.0. The molecule has 2 aromatic carbocycles. The van der Waals surface area contributed by atoms with Gasteiger partial charge in [0, 0.05) is 30.4 Å². The van der Waals surface area contributed by atoms with Gasteiger partial charge in [-0.3, -0.25) is 14.4 Å². The van der Waals surface area contributed by atoms with E-state index in [4.69, 9.17) is 4.74 Å². The van der Waals surface area contributed by atoms with Crippen molar-refractivity contribution in [3.63, 3.8) is 0 Å². The van der Waals surface area contributed by atoms with Crippen LogP contribution in [0.4, 0.5) is 5.69 Å². The number of carbonyl (C=O) groups excluding carboxylic acids is 1. The Morgan fingerprint density at radius 1 is 1.13 bits per heavy atom. The summed E-state index contributed by atoms with van der Waals surface area (Å²) in [5, 5.41) is 7.50. The van der Waals surface area contributed by atoms with Crippen molar-refractivity contribution in [1.29, 1.82) is 0 Å². The Bertz CT molecular complexity index is 1100. The van der Waals surface area contributed by atoms with Gasteiger partial charge in [-0.25, -0.2) is 0 Å². The number of para-hydroxylation sites is 1. The van der Waals surface area contributed by atoms with E-state index in [2.05, 4.69) is 34.4 Å². The third-order valence-electron chi connectivity index (χ3n) is 6.37. The Kier molecular flexibility index (Phi) is 5.24. The fourth-order valence-corrected chi connectivity index (χ4v) is 4.52. The highest BCUT2D eigenvalue weighted by Crippen LogP contribution is 2.38. The smallest absolute Gasteiger partial charge is 0.276 e. The molecule has 0 unspecified atom stereocenters. The number of piperidine rings is 1. The van der Waals surface area contributed by atoms with Gasteiger partial charge in [0.25, 0.3) is 5.91 Å². The first-order valence-electron chi connectivity index (χ1n) is 11.0. The Morgan fingerprint density at radius 3 is 2.65 bits per heavy atom. The number of aromatic nitrogens is 2. The Balaban J connectivity index is 1.29. The predicted octanol–water partition coefficient (Wildman–Crippen LogP) is 4.46. The van der Waals surface area contributed by atoms with Gasteiger partial charge in [0.05, 0.1) is 5.69 Å². The molecule has 1 amide bonds. The molecule has 1 N–H and O–H groups in total. The van der Waals surface area contributed by atoms with Gasteiger partial charge in [0.1, 0.15) is 12.4 Å². The van der Waals surface area contributed by atoms with E-state index in [-0.39, 0.29) is 5.91 Å². The van der Waals surface area contributed by atoms with Crippen molar-refractivity contribution in [2.75, 3.05) is 18.4 Å². The molecule has 160 valence electrons. The number of fused-ring (bicyclic) bond motifs is 3. The normalized spacial score (nSPS) is 16.3. The molecule has 0 aliphatic carbocycles. The summed E-state index contributed by atoms with van der Waals surface area (Å²) in [6.45, 7) is 5.96. The van der Waals surface area contributed by atoms with Crippen molar-refractivity contribution < 1.29 is 9.53 Å². The number of rotatable bonds is 4. The number of ether oxygens (including phenoxy) is 1. The summed E-state index contributed by atoms with van der Waals surface area (Å²) < 4.78 is 7.63. The first-order valence-corrected chi connectivity index (χ1v) is 11.0. The highest BCUT2D eigenvalue weighted by molar-refractivity contribution is 6.05. The quantitative estimate of drug-likeness (QED) is 0.682. The molecule has 1 saturated heterocycles. The van der Waals surface area contributed by atoms with Crippen molar-refractivity contribution in [2.45, 2.75) is 32.9 Å². The lowest BCUT2D eigenvalue weighted by molar-refractivity contribution is 0.101. The SMILES string of the molecule is CC1CCN(Cc2ccc(NC(=O)c3nn(C)c4c3COc3ccccc3-4)cc2)CC1. The molecule has 1 aromatic heterocycles. The average Bonchev–Trinajstić information content (AvgIpc) is 3.14. The number of hydrogen-bond donors (Lipinski definition) is 1. The lowest BCUT2D eigenvalue weighted by Crippen LogP contribution is -2.32. The summed E-state index contributed by atoms with van der Waals surface area (Å²) in [5.41, 5.74) is 5.20. The van der Waals surface area contributed by atoms with Crippen LogP contribution in [0.5, 0.6) is 5.75 Å². The van der Waals surface area contributed by atoms with Crippen LogP contribution >= 0.6 is 0 Å². The molecule has 3 aromatic rings. The Morgan fingerprint density at radius 2 is 1.87 bits per heavy atom.